The van der Waals surface area contributed by atoms with Crippen LogP contribution < -0.4 is 0 Å². The first-order chi connectivity index (χ1) is 12.1. The van der Waals surface area contributed by atoms with Gasteiger partial charge < -0.3 is 9.47 Å². The molecule has 0 atom stereocenters. The quantitative estimate of drug-likeness (QED) is 0.689. The summed E-state index contributed by atoms with van der Waals surface area (Å²) in [6.07, 6.45) is 7.44. The number of thioether (sulfide) groups is 1. The van der Waals surface area contributed by atoms with Crippen LogP contribution in [0.3, 0.4) is 0 Å². The van der Waals surface area contributed by atoms with Crippen LogP contribution in [-0.4, -0.2) is 44.4 Å². The Morgan fingerprint density at radius 1 is 1.40 bits per heavy atom. The number of amides is 1. The highest BCUT2D eigenvalue weighted by Gasteiger charge is 2.25. The van der Waals surface area contributed by atoms with Crippen LogP contribution in [0.1, 0.15) is 37.5 Å². The van der Waals surface area contributed by atoms with Crippen molar-refractivity contribution in [3.8, 4) is 0 Å². The number of aromatic nitrogens is 3. The third-order valence-corrected chi connectivity index (χ3v) is 6.91. The maximum absolute atomic E-state index is 12.5. The fourth-order valence-corrected chi connectivity index (χ4v) is 4.82. The molecule has 2 aromatic rings. The monoisotopic (exact) mass is 378 g/mol. The Bertz CT molecular complexity index is 662. The molecule has 1 fully saturated rings. The van der Waals surface area contributed by atoms with E-state index in [1.807, 2.05) is 16.5 Å². The Kier molecular flexibility index (Phi) is 6.53. The van der Waals surface area contributed by atoms with E-state index in [9.17, 15) is 4.79 Å². The topological polar surface area (TPSA) is 51.0 Å². The Hall–Kier alpha value is -1.34. The molecule has 0 spiro atoms. The third kappa shape index (κ3) is 5.07. The Morgan fingerprint density at radius 3 is 2.92 bits per heavy atom. The first kappa shape index (κ1) is 18.5. The van der Waals surface area contributed by atoms with E-state index in [-0.39, 0.29) is 5.91 Å². The van der Waals surface area contributed by atoms with Crippen LogP contribution in [0.25, 0.3) is 0 Å². The number of hydrogen-bond acceptors (Lipinski definition) is 5. The minimum absolute atomic E-state index is 0.192. The maximum Gasteiger partial charge on any atom is 0.233 e. The van der Waals surface area contributed by atoms with Crippen molar-refractivity contribution in [1.82, 2.24) is 19.7 Å². The summed E-state index contributed by atoms with van der Waals surface area (Å²) in [5.41, 5.74) is 0. The lowest BCUT2D eigenvalue weighted by Crippen LogP contribution is -2.40. The number of rotatable bonds is 7. The SMILES string of the molecule is CC1CCC(N(C)C(=O)CSc2nncn2CCc2cccs2)CC1. The van der Waals surface area contributed by atoms with Crippen molar-refractivity contribution in [3.63, 3.8) is 0 Å². The third-order valence-electron chi connectivity index (χ3n) is 5.01. The summed E-state index contributed by atoms with van der Waals surface area (Å²) in [5.74, 6) is 1.42. The summed E-state index contributed by atoms with van der Waals surface area (Å²) in [6.45, 7) is 3.15. The van der Waals surface area contributed by atoms with E-state index in [1.165, 1.54) is 29.5 Å². The lowest BCUT2D eigenvalue weighted by molar-refractivity contribution is -0.129. The van der Waals surface area contributed by atoms with Crippen molar-refractivity contribution >= 4 is 29.0 Å². The van der Waals surface area contributed by atoms with Crippen molar-refractivity contribution < 1.29 is 4.79 Å². The zero-order valence-corrected chi connectivity index (χ0v) is 16.6. The number of hydrogen-bond donors (Lipinski definition) is 0. The molecule has 0 saturated heterocycles. The zero-order valence-electron chi connectivity index (χ0n) is 14.9. The summed E-state index contributed by atoms with van der Waals surface area (Å²) in [4.78, 5) is 15.8. The average Bonchev–Trinajstić information content (AvgIpc) is 3.29. The van der Waals surface area contributed by atoms with Crippen LogP contribution in [0.4, 0.5) is 0 Å². The molecule has 2 heterocycles. The van der Waals surface area contributed by atoms with Crippen LogP contribution in [0, 0.1) is 5.92 Å². The second-order valence-electron chi connectivity index (χ2n) is 6.84. The van der Waals surface area contributed by atoms with E-state index in [0.29, 0.717) is 11.8 Å². The number of carbonyl (C=O) groups is 1. The fourth-order valence-electron chi connectivity index (χ4n) is 3.26. The molecule has 136 valence electrons. The van der Waals surface area contributed by atoms with E-state index in [4.69, 9.17) is 0 Å². The molecule has 0 aliphatic heterocycles. The van der Waals surface area contributed by atoms with Gasteiger partial charge in [0, 0.05) is 24.5 Å². The number of thiophene rings is 1. The molecular weight excluding hydrogens is 352 g/mol. The minimum atomic E-state index is 0.192. The van der Waals surface area contributed by atoms with Gasteiger partial charge in [-0.25, -0.2) is 0 Å². The summed E-state index contributed by atoms with van der Waals surface area (Å²) in [7, 11) is 1.95. The number of carbonyl (C=O) groups excluding carboxylic acids is 1. The molecule has 1 aliphatic rings. The molecule has 1 saturated carbocycles. The lowest BCUT2D eigenvalue weighted by Gasteiger charge is -2.33. The molecule has 1 aliphatic carbocycles. The summed E-state index contributed by atoms with van der Waals surface area (Å²) in [6, 6.07) is 4.62. The molecule has 0 bridgehead atoms. The molecule has 0 radical (unpaired) electrons. The van der Waals surface area contributed by atoms with Crippen LogP contribution in [0.15, 0.2) is 29.0 Å². The molecule has 3 rings (SSSR count). The van der Waals surface area contributed by atoms with Crippen LogP contribution in [0.5, 0.6) is 0 Å². The van der Waals surface area contributed by atoms with E-state index in [1.54, 1.807) is 17.7 Å². The van der Waals surface area contributed by atoms with Gasteiger partial charge in [-0.05, 0) is 49.5 Å². The molecular formula is C18H26N4OS2. The summed E-state index contributed by atoms with van der Waals surface area (Å²) >= 11 is 3.26. The van der Waals surface area contributed by atoms with E-state index >= 15 is 0 Å². The van der Waals surface area contributed by atoms with E-state index in [0.717, 1.165) is 36.9 Å². The lowest BCUT2D eigenvalue weighted by atomic mass is 9.87. The molecule has 0 unspecified atom stereocenters. The van der Waals surface area contributed by atoms with Gasteiger partial charge in [-0.2, -0.15) is 0 Å². The molecule has 0 N–H and O–H groups in total. The highest BCUT2D eigenvalue weighted by molar-refractivity contribution is 7.99. The van der Waals surface area contributed by atoms with Gasteiger partial charge in [0.15, 0.2) is 5.16 Å². The van der Waals surface area contributed by atoms with Gasteiger partial charge in [0.25, 0.3) is 0 Å². The van der Waals surface area contributed by atoms with Crippen molar-refractivity contribution in [2.75, 3.05) is 12.8 Å². The standard InChI is InChI=1S/C18H26N4OS2/c1-14-5-7-15(8-6-14)21(2)17(23)12-25-18-20-19-13-22(18)10-9-16-4-3-11-24-16/h3-4,11,13-15H,5-10,12H2,1-2H3. The fraction of sp³-hybridized carbons (Fsp3) is 0.611. The molecule has 7 heteroatoms. The highest BCUT2D eigenvalue weighted by atomic mass is 32.2. The van der Waals surface area contributed by atoms with Gasteiger partial charge in [-0.15, -0.1) is 21.5 Å². The van der Waals surface area contributed by atoms with Gasteiger partial charge in [0.05, 0.1) is 5.75 Å². The first-order valence-electron chi connectivity index (χ1n) is 8.92. The van der Waals surface area contributed by atoms with Crippen LogP contribution in [-0.2, 0) is 17.8 Å². The molecule has 5 nitrogen and oxygen atoms in total. The predicted octanol–water partition coefficient (Wildman–Crippen LogP) is 3.71. The maximum atomic E-state index is 12.5. The average molecular weight is 379 g/mol. The number of nitrogens with zero attached hydrogens (tertiary/aromatic N) is 4. The molecule has 25 heavy (non-hydrogen) atoms. The Labute approximate surface area is 157 Å². The summed E-state index contributed by atoms with van der Waals surface area (Å²) < 4.78 is 2.04. The largest absolute Gasteiger partial charge is 0.342 e. The molecule has 1 amide bonds. The molecule has 2 aromatic heterocycles. The van der Waals surface area contributed by atoms with Gasteiger partial charge in [0.2, 0.25) is 5.91 Å². The zero-order chi connectivity index (χ0) is 17.6. The van der Waals surface area contributed by atoms with E-state index in [2.05, 4.69) is 34.6 Å². The van der Waals surface area contributed by atoms with Crippen molar-refractivity contribution in [2.24, 2.45) is 5.92 Å². The van der Waals surface area contributed by atoms with Crippen molar-refractivity contribution in [1.29, 1.82) is 0 Å². The van der Waals surface area contributed by atoms with Crippen molar-refractivity contribution in [2.45, 2.75) is 56.8 Å². The molecule has 0 aromatic carbocycles. The minimum Gasteiger partial charge on any atom is -0.342 e. The van der Waals surface area contributed by atoms with Gasteiger partial charge in [-0.3, -0.25) is 4.79 Å². The Balaban J connectivity index is 1.48. The predicted molar refractivity (Wildman–Crippen MR) is 103 cm³/mol. The van der Waals surface area contributed by atoms with Crippen LogP contribution >= 0.6 is 23.1 Å². The van der Waals surface area contributed by atoms with Gasteiger partial charge in [-0.1, -0.05) is 24.8 Å². The van der Waals surface area contributed by atoms with Gasteiger partial charge in [0.1, 0.15) is 6.33 Å². The first-order valence-corrected chi connectivity index (χ1v) is 10.8. The number of aryl methyl sites for hydroxylation is 2. The smallest absolute Gasteiger partial charge is 0.233 e. The van der Waals surface area contributed by atoms with Crippen molar-refractivity contribution in [3.05, 3.63) is 28.7 Å². The highest BCUT2D eigenvalue weighted by Crippen LogP contribution is 2.27. The summed E-state index contributed by atoms with van der Waals surface area (Å²) in [5, 5.41) is 11.1. The van der Waals surface area contributed by atoms with Gasteiger partial charge >= 0.3 is 0 Å². The Morgan fingerprint density at radius 2 is 2.20 bits per heavy atom. The second-order valence-corrected chi connectivity index (χ2v) is 8.82. The normalized spacial score (nSPS) is 20.6. The van der Waals surface area contributed by atoms with E-state index < -0.39 is 0 Å². The second kappa shape index (κ2) is 8.85. The van der Waals surface area contributed by atoms with Crippen LogP contribution in [0.2, 0.25) is 0 Å².